The predicted octanol–water partition coefficient (Wildman–Crippen LogP) is 4.11. The number of ether oxygens (including phenoxy) is 3. The Labute approximate surface area is 168 Å². The molecule has 0 unspecified atom stereocenters. The zero-order chi connectivity index (χ0) is 19.9. The summed E-state index contributed by atoms with van der Waals surface area (Å²) in [5, 5.41) is 3.25. The number of amides is 1. The van der Waals surface area contributed by atoms with Gasteiger partial charge in [-0.25, -0.2) is 0 Å². The van der Waals surface area contributed by atoms with E-state index in [2.05, 4.69) is 12.2 Å². The van der Waals surface area contributed by atoms with Gasteiger partial charge in [0, 0.05) is 6.04 Å². The predicted molar refractivity (Wildman–Crippen MR) is 108 cm³/mol. The van der Waals surface area contributed by atoms with Crippen LogP contribution in [0.5, 0.6) is 17.2 Å². The second-order valence-corrected chi connectivity index (χ2v) is 9.36. The van der Waals surface area contributed by atoms with Crippen molar-refractivity contribution in [3.8, 4) is 17.2 Å². The van der Waals surface area contributed by atoms with Crippen molar-refractivity contribution in [2.75, 3.05) is 20.8 Å². The van der Waals surface area contributed by atoms with Crippen LogP contribution in [0.15, 0.2) is 12.1 Å². The van der Waals surface area contributed by atoms with Gasteiger partial charge in [0.2, 0.25) is 5.75 Å². The van der Waals surface area contributed by atoms with Crippen LogP contribution in [-0.2, 0) is 4.79 Å². The molecule has 1 aromatic rings. The van der Waals surface area contributed by atoms with Crippen LogP contribution in [0.2, 0.25) is 0 Å². The molecule has 0 saturated heterocycles. The third-order valence-electron chi connectivity index (χ3n) is 7.33. The number of aryl methyl sites for hydroxylation is 1. The molecule has 0 heterocycles. The molecule has 0 aliphatic heterocycles. The highest BCUT2D eigenvalue weighted by atomic mass is 16.5. The van der Waals surface area contributed by atoms with E-state index in [-0.39, 0.29) is 18.6 Å². The molecule has 1 atom stereocenters. The molecule has 28 heavy (non-hydrogen) atoms. The first kappa shape index (κ1) is 19.4. The first-order valence-electron chi connectivity index (χ1n) is 10.6. The van der Waals surface area contributed by atoms with Crippen LogP contribution in [0.25, 0.3) is 0 Å². The quantitative estimate of drug-likeness (QED) is 0.765. The van der Waals surface area contributed by atoms with Gasteiger partial charge in [-0.3, -0.25) is 4.79 Å². The van der Waals surface area contributed by atoms with E-state index >= 15 is 0 Å². The fourth-order valence-corrected chi connectivity index (χ4v) is 6.44. The van der Waals surface area contributed by atoms with Crippen molar-refractivity contribution < 1.29 is 19.0 Å². The summed E-state index contributed by atoms with van der Waals surface area (Å²) in [4.78, 5) is 12.7. The van der Waals surface area contributed by atoms with Crippen LogP contribution in [0.3, 0.4) is 0 Å². The number of nitrogens with one attached hydrogen (secondary N) is 1. The molecular formula is C23H33NO4. The van der Waals surface area contributed by atoms with Gasteiger partial charge in [0.25, 0.3) is 5.91 Å². The van der Waals surface area contributed by atoms with Crippen molar-refractivity contribution in [2.45, 2.75) is 58.4 Å². The number of benzene rings is 1. The van der Waals surface area contributed by atoms with Gasteiger partial charge in [-0.2, -0.15) is 0 Å². The minimum Gasteiger partial charge on any atom is -0.493 e. The molecule has 0 spiro atoms. The molecule has 5 heteroatoms. The molecule has 4 aliphatic rings. The standard InChI is InChI=1S/C23H33NO4/c1-14-5-19(26-3)22(20(6-14)27-4)28-13-21(25)24-15(2)23-10-16-7-17(11-23)9-18(8-16)12-23/h5-6,15-18H,7-13H2,1-4H3,(H,24,25)/t15-,16?,17?,18?,23?/m1/s1. The average molecular weight is 388 g/mol. The Hall–Kier alpha value is -1.91. The number of methoxy groups -OCH3 is 2. The lowest BCUT2D eigenvalue weighted by atomic mass is 9.48. The van der Waals surface area contributed by atoms with Crippen molar-refractivity contribution in [1.82, 2.24) is 5.32 Å². The Kier molecular flexibility index (Phi) is 5.19. The van der Waals surface area contributed by atoms with Crippen molar-refractivity contribution in [1.29, 1.82) is 0 Å². The number of rotatable bonds is 7. The van der Waals surface area contributed by atoms with Crippen LogP contribution in [-0.4, -0.2) is 32.8 Å². The van der Waals surface area contributed by atoms with E-state index < -0.39 is 0 Å². The molecule has 1 aromatic carbocycles. The van der Waals surface area contributed by atoms with Gasteiger partial charge < -0.3 is 19.5 Å². The van der Waals surface area contributed by atoms with E-state index in [1.165, 1.54) is 38.5 Å². The van der Waals surface area contributed by atoms with E-state index in [4.69, 9.17) is 14.2 Å². The largest absolute Gasteiger partial charge is 0.493 e. The van der Waals surface area contributed by atoms with Gasteiger partial charge in [-0.05, 0) is 93.2 Å². The van der Waals surface area contributed by atoms with Crippen molar-refractivity contribution in [2.24, 2.45) is 23.2 Å². The Morgan fingerprint density at radius 1 is 1.07 bits per heavy atom. The summed E-state index contributed by atoms with van der Waals surface area (Å²) in [5.74, 6) is 4.20. The van der Waals surface area contributed by atoms with Crippen molar-refractivity contribution in [3.63, 3.8) is 0 Å². The molecule has 4 saturated carbocycles. The lowest BCUT2D eigenvalue weighted by Crippen LogP contribution is -2.56. The Morgan fingerprint density at radius 3 is 2.04 bits per heavy atom. The third kappa shape index (κ3) is 3.56. The van der Waals surface area contributed by atoms with E-state index in [9.17, 15) is 4.79 Å². The minimum absolute atomic E-state index is 0.0352. The maximum atomic E-state index is 12.7. The molecule has 4 aliphatic carbocycles. The summed E-state index contributed by atoms with van der Waals surface area (Å²) in [7, 11) is 3.19. The topological polar surface area (TPSA) is 56.8 Å². The summed E-state index contributed by atoms with van der Waals surface area (Å²) in [6.45, 7) is 4.12. The molecule has 5 nitrogen and oxygen atoms in total. The van der Waals surface area contributed by atoms with Crippen LogP contribution in [0.1, 0.15) is 51.0 Å². The number of hydrogen-bond donors (Lipinski definition) is 1. The SMILES string of the molecule is COc1cc(C)cc(OC)c1OCC(=O)N[C@H](C)C12CC3CC(CC(C3)C1)C2. The summed E-state index contributed by atoms with van der Waals surface area (Å²) >= 11 is 0. The van der Waals surface area contributed by atoms with E-state index in [0.717, 1.165) is 23.3 Å². The van der Waals surface area contributed by atoms with Crippen molar-refractivity contribution in [3.05, 3.63) is 17.7 Å². The minimum atomic E-state index is -0.0760. The van der Waals surface area contributed by atoms with Crippen molar-refractivity contribution >= 4 is 5.91 Å². The Bertz CT molecular complexity index is 684. The molecular weight excluding hydrogens is 354 g/mol. The van der Waals surface area contributed by atoms with Gasteiger partial charge in [-0.15, -0.1) is 0 Å². The van der Waals surface area contributed by atoms with Crippen LogP contribution in [0.4, 0.5) is 0 Å². The lowest BCUT2D eigenvalue weighted by molar-refractivity contribution is -0.127. The first-order valence-corrected chi connectivity index (χ1v) is 10.6. The summed E-state index contributed by atoms with van der Waals surface area (Å²) < 4.78 is 16.6. The fourth-order valence-electron chi connectivity index (χ4n) is 6.44. The van der Waals surface area contributed by atoms with E-state index in [1.54, 1.807) is 14.2 Å². The number of carbonyl (C=O) groups excluding carboxylic acids is 1. The lowest BCUT2D eigenvalue weighted by Gasteiger charge is -2.59. The van der Waals surface area contributed by atoms with E-state index in [1.807, 2.05) is 19.1 Å². The van der Waals surface area contributed by atoms with Gasteiger partial charge >= 0.3 is 0 Å². The average Bonchev–Trinajstić information content (AvgIpc) is 2.65. The molecule has 0 radical (unpaired) electrons. The first-order chi connectivity index (χ1) is 13.4. The zero-order valence-electron chi connectivity index (χ0n) is 17.5. The monoisotopic (exact) mass is 387 g/mol. The second kappa shape index (κ2) is 7.49. The molecule has 4 bridgehead atoms. The maximum Gasteiger partial charge on any atom is 0.258 e. The third-order valence-corrected chi connectivity index (χ3v) is 7.33. The molecule has 4 fully saturated rings. The second-order valence-electron chi connectivity index (χ2n) is 9.36. The van der Waals surface area contributed by atoms with Gasteiger partial charge in [0.1, 0.15) is 0 Å². The summed E-state index contributed by atoms with van der Waals surface area (Å²) in [5.41, 5.74) is 1.31. The van der Waals surface area contributed by atoms with Crippen LogP contribution in [0, 0.1) is 30.1 Å². The van der Waals surface area contributed by atoms with Gasteiger partial charge in [0.05, 0.1) is 14.2 Å². The molecule has 0 aromatic heterocycles. The zero-order valence-corrected chi connectivity index (χ0v) is 17.5. The highest BCUT2D eigenvalue weighted by Gasteiger charge is 2.53. The summed E-state index contributed by atoms with van der Waals surface area (Å²) in [6.07, 6.45) is 8.07. The molecule has 1 amide bonds. The fraction of sp³-hybridized carbons (Fsp3) is 0.696. The molecule has 5 rings (SSSR count). The highest BCUT2D eigenvalue weighted by molar-refractivity contribution is 5.78. The van der Waals surface area contributed by atoms with Gasteiger partial charge in [-0.1, -0.05) is 0 Å². The maximum absolute atomic E-state index is 12.7. The Balaban J connectivity index is 1.39. The van der Waals surface area contributed by atoms with Gasteiger partial charge in [0.15, 0.2) is 18.1 Å². The molecule has 1 N–H and O–H groups in total. The number of hydrogen-bond acceptors (Lipinski definition) is 4. The number of carbonyl (C=O) groups is 1. The van der Waals surface area contributed by atoms with Crippen LogP contribution >= 0.6 is 0 Å². The highest BCUT2D eigenvalue weighted by Crippen LogP contribution is 2.61. The summed E-state index contributed by atoms with van der Waals surface area (Å²) in [6, 6.07) is 3.96. The van der Waals surface area contributed by atoms with Crippen LogP contribution < -0.4 is 19.5 Å². The Morgan fingerprint density at radius 2 is 1.57 bits per heavy atom. The van der Waals surface area contributed by atoms with E-state index in [0.29, 0.717) is 22.7 Å². The molecule has 154 valence electrons. The smallest absolute Gasteiger partial charge is 0.258 e. The normalized spacial score (nSPS) is 31.4.